The van der Waals surface area contributed by atoms with E-state index in [9.17, 15) is 4.79 Å². The summed E-state index contributed by atoms with van der Waals surface area (Å²) in [6, 6.07) is 0.256. The van der Waals surface area contributed by atoms with Crippen LogP contribution in [0.4, 0.5) is 0 Å². The van der Waals surface area contributed by atoms with Crippen molar-refractivity contribution in [2.24, 2.45) is 5.92 Å². The molecular formula is C9H19NOS. The molecule has 1 unspecified atom stereocenters. The van der Waals surface area contributed by atoms with Crippen LogP contribution in [0.25, 0.3) is 0 Å². The van der Waals surface area contributed by atoms with Crippen LogP contribution < -0.4 is 5.32 Å². The highest BCUT2D eigenvalue weighted by Gasteiger charge is 2.12. The molecule has 1 N–H and O–H groups in total. The number of carbonyl (C=O) groups is 1. The Morgan fingerprint density at radius 1 is 1.42 bits per heavy atom. The van der Waals surface area contributed by atoms with Gasteiger partial charge in [-0.2, -0.15) is 11.8 Å². The van der Waals surface area contributed by atoms with E-state index in [4.69, 9.17) is 0 Å². The average molecular weight is 189 g/mol. The third kappa shape index (κ3) is 5.47. The molecule has 0 aromatic carbocycles. The largest absolute Gasteiger partial charge is 0.354 e. The zero-order chi connectivity index (χ0) is 9.56. The van der Waals surface area contributed by atoms with Gasteiger partial charge in [0, 0.05) is 17.7 Å². The molecule has 0 rings (SSSR count). The average Bonchev–Trinajstić information content (AvgIpc) is 1.98. The highest BCUT2D eigenvalue weighted by atomic mass is 32.2. The molecule has 3 heteroatoms. The maximum atomic E-state index is 11.3. The maximum Gasteiger partial charge on any atom is 0.223 e. The fraction of sp³-hybridized carbons (Fsp3) is 0.889. The van der Waals surface area contributed by atoms with Crippen molar-refractivity contribution in [2.75, 3.05) is 11.5 Å². The molecule has 0 aliphatic heterocycles. The van der Waals surface area contributed by atoms with Gasteiger partial charge in [0.2, 0.25) is 5.91 Å². The number of rotatable bonds is 5. The minimum atomic E-state index is 0.136. The quantitative estimate of drug-likeness (QED) is 0.715. The van der Waals surface area contributed by atoms with E-state index in [2.05, 4.69) is 12.2 Å². The molecule has 1 amide bonds. The molecule has 0 aromatic heterocycles. The molecule has 0 aliphatic carbocycles. The number of nitrogens with one attached hydrogen (secondary N) is 1. The molecule has 0 aliphatic rings. The van der Waals surface area contributed by atoms with E-state index in [1.165, 1.54) is 0 Å². The number of hydrogen-bond donors (Lipinski definition) is 1. The highest BCUT2D eigenvalue weighted by Crippen LogP contribution is 2.07. The summed E-state index contributed by atoms with van der Waals surface area (Å²) >= 11 is 1.81. The lowest BCUT2D eigenvalue weighted by molar-refractivity contribution is -0.124. The molecule has 0 bridgehead atoms. The second-order valence-corrected chi connectivity index (χ2v) is 4.54. The Labute approximate surface area is 79.5 Å². The van der Waals surface area contributed by atoms with Crippen LogP contribution in [0.5, 0.6) is 0 Å². The Morgan fingerprint density at radius 3 is 2.42 bits per heavy atom. The summed E-state index contributed by atoms with van der Waals surface area (Å²) in [5, 5.41) is 2.90. The Hall–Kier alpha value is -0.180. The van der Waals surface area contributed by atoms with Crippen LogP contribution in [-0.2, 0) is 4.79 Å². The van der Waals surface area contributed by atoms with Gasteiger partial charge in [0.15, 0.2) is 0 Å². The zero-order valence-corrected chi connectivity index (χ0v) is 9.20. The van der Waals surface area contributed by atoms with E-state index in [0.29, 0.717) is 0 Å². The molecule has 0 radical (unpaired) electrons. The number of hydrogen-bond acceptors (Lipinski definition) is 2. The Morgan fingerprint density at radius 2 is 2.00 bits per heavy atom. The lowest BCUT2D eigenvalue weighted by Crippen LogP contribution is -2.35. The van der Waals surface area contributed by atoms with Crippen molar-refractivity contribution in [1.29, 1.82) is 0 Å². The molecule has 2 nitrogen and oxygen atoms in total. The minimum absolute atomic E-state index is 0.136. The number of amides is 1. The van der Waals surface area contributed by atoms with Gasteiger partial charge in [-0.1, -0.05) is 13.8 Å². The van der Waals surface area contributed by atoms with Gasteiger partial charge in [0.05, 0.1) is 0 Å². The maximum absolute atomic E-state index is 11.3. The van der Waals surface area contributed by atoms with Gasteiger partial charge in [-0.3, -0.25) is 4.79 Å². The van der Waals surface area contributed by atoms with Crippen LogP contribution in [0.1, 0.15) is 27.7 Å². The first-order valence-corrected chi connectivity index (χ1v) is 5.61. The van der Waals surface area contributed by atoms with Crippen molar-refractivity contribution in [3.05, 3.63) is 0 Å². The summed E-state index contributed by atoms with van der Waals surface area (Å²) in [6.07, 6.45) is 0. The van der Waals surface area contributed by atoms with Crippen molar-refractivity contribution in [3.8, 4) is 0 Å². The predicted molar refractivity (Wildman–Crippen MR) is 55.4 cm³/mol. The summed E-state index contributed by atoms with van der Waals surface area (Å²) in [7, 11) is 0. The van der Waals surface area contributed by atoms with E-state index in [0.717, 1.165) is 11.5 Å². The summed E-state index contributed by atoms with van der Waals surface area (Å²) < 4.78 is 0. The molecule has 0 aromatic rings. The standard InChI is InChI=1S/C9H19NOS/c1-5-12-6-8(4)9(11)10-7(2)3/h7-8H,5-6H2,1-4H3,(H,10,11). The molecule has 0 fully saturated rings. The summed E-state index contributed by atoms with van der Waals surface area (Å²) in [4.78, 5) is 11.3. The van der Waals surface area contributed by atoms with E-state index in [-0.39, 0.29) is 17.9 Å². The first kappa shape index (κ1) is 11.8. The van der Waals surface area contributed by atoms with E-state index in [1.54, 1.807) is 0 Å². The second-order valence-electron chi connectivity index (χ2n) is 3.22. The molecule has 1 atom stereocenters. The first-order valence-electron chi connectivity index (χ1n) is 4.46. The SMILES string of the molecule is CCSCC(C)C(=O)NC(C)C. The fourth-order valence-corrected chi connectivity index (χ4v) is 1.54. The van der Waals surface area contributed by atoms with Crippen LogP contribution in [0.2, 0.25) is 0 Å². The topological polar surface area (TPSA) is 29.1 Å². The predicted octanol–water partition coefficient (Wildman–Crippen LogP) is 1.90. The van der Waals surface area contributed by atoms with Crippen LogP contribution in [0, 0.1) is 5.92 Å². The lowest BCUT2D eigenvalue weighted by Gasteiger charge is -2.13. The normalized spacial score (nSPS) is 13.1. The van der Waals surface area contributed by atoms with E-state index in [1.807, 2.05) is 32.5 Å². The molecule has 0 saturated heterocycles. The number of carbonyl (C=O) groups excluding carboxylic acids is 1. The van der Waals surface area contributed by atoms with Crippen molar-refractivity contribution in [1.82, 2.24) is 5.32 Å². The van der Waals surface area contributed by atoms with Crippen molar-refractivity contribution in [3.63, 3.8) is 0 Å². The molecular weight excluding hydrogens is 170 g/mol. The summed E-state index contributed by atoms with van der Waals surface area (Å²) in [6.45, 7) is 8.05. The van der Waals surface area contributed by atoms with Gasteiger partial charge in [-0.25, -0.2) is 0 Å². The Kier molecular flexibility index (Phi) is 6.25. The molecule has 72 valence electrons. The number of thioether (sulfide) groups is 1. The van der Waals surface area contributed by atoms with Gasteiger partial charge in [-0.15, -0.1) is 0 Å². The Balaban J connectivity index is 3.61. The molecule has 0 saturated carbocycles. The van der Waals surface area contributed by atoms with Gasteiger partial charge < -0.3 is 5.32 Å². The first-order chi connectivity index (χ1) is 5.57. The second kappa shape index (κ2) is 6.35. The summed E-state index contributed by atoms with van der Waals surface area (Å²) in [5.74, 6) is 2.32. The van der Waals surface area contributed by atoms with Crippen LogP contribution >= 0.6 is 11.8 Å². The third-order valence-electron chi connectivity index (χ3n) is 1.45. The molecule has 12 heavy (non-hydrogen) atoms. The lowest BCUT2D eigenvalue weighted by atomic mass is 10.2. The third-order valence-corrected chi connectivity index (χ3v) is 2.59. The van der Waals surface area contributed by atoms with Crippen molar-refractivity contribution >= 4 is 17.7 Å². The van der Waals surface area contributed by atoms with Crippen LogP contribution in [0.3, 0.4) is 0 Å². The zero-order valence-electron chi connectivity index (χ0n) is 8.39. The molecule has 0 spiro atoms. The smallest absolute Gasteiger partial charge is 0.223 e. The Bertz CT molecular complexity index is 136. The van der Waals surface area contributed by atoms with E-state index < -0.39 is 0 Å². The van der Waals surface area contributed by atoms with Crippen molar-refractivity contribution in [2.45, 2.75) is 33.7 Å². The highest BCUT2D eigenvalue weighted by molar-refractivity contribution is 7.99. The van der Waals surface area contributed by atoms with Crippen LogP contribution in [0.15, 0.2) is 0 Å². The van der Waals surface area contributed by atoms with Gasteiger partial charge in [0.25, 0.3) is 0 Å². The van der Waals surface area contributed by atoms with Crippen LogP contribution in [-0.4, -0.2) is 23.5 Å². The molecule has 0 heterocycles. The van der Waals surface area contributed by atoms with Gasteiger partial charge >= 0.3 is 0 Å². The van der Waals surface area contributed by atoms with Gasteiger partial charge in [0.1, 0.15) is 0 Å². The monoisotopic (exact) mass is 189 g/mol. The minimum Gasteiger partial charge on any atom is -0.354 e. The fourth-order valence-electron chi connectivity index (χ4n) is 0.797. The van der Waals surface area contributed by atoms with Crippen molar-refractivity contribution < 1.29 is 4.79 Å². The van der Waals surface area contributed by atoms with E-state index >= 15 is 0 Å². The van der Waals surface area contributed by atoms with Gasteiger partial charge in [-0.05, 0) is 19.6 Å². The summed E-state index contributed by atoms with van der Waals surface area (Å²) in [5.41, 5.74) is 0.